The van der Waals surface area contributed by atoms with Gasteiger partial charge in [-0.1, -0.05) is 6.08 Å². The monoisotopic (exact) mass is 190 g/mol. The Morgan fingerprint density at radius 2 is 2.21 bits per heavy atom. The van der Waals surface area contributed by atoms with Crippen molar-refractivity contribution in [2.24, 2.45) is 0 Å². The van der Waals surface area contributed by atoms with E-state index in [2.05, 4.69) is 16.8 Å². The van der Waals surface area contributed by atoms with E-state index in [1.165, 1.54) is 0 Å². The molecule has 0 aliphatic carbocycles. The number of hydrogen-bond acceptors (Lipinski definition) is 2. The molecular formula is C11H14N2O. The summed E-state index contributed by atoms with van der Waals surface area (Å²) in [6, 6.07) is 0.334. The summed E-state index contributed by atoms with van der Waals surface area (Å²) in [5.74, 6) is 0.913. The van der Waals surface area contributed by atoms with Crippen LogP contribution in [-0.4, -0.2) is 18.1 Å². The van der Waals surface area contributed by atoms with Crippen molar-refractivity contribution in [2.75, 3.05) is 11.9 Å². The van der Waals surface area contributed by atoms with Crippen molar-refractivity contribution >= 4 is 11.9 Å². The highest BCUT2D eigenvalue weighted by molar-refractivity contribution is 5.68. The predicted molar refractivity (Wildman–Crippen MR) is 58.7 cm³/mol. The van der Waals surface area contributed by atoms with Crippen molar-refractivity contribution in [1.82, 2.24) is 4.98 Å². The fourth-order valence-electron chi connectivity index (χ4n) is 1.65. The minimum absolute atomic E-state index is 0.119. The number of aromatic nitrogens is 1. The van der Waals surface area contributed by atoms with E-state index in [9.17, 15) is 4.79 Å². The van der Waals surface area contributed by atoms with E-state index in [0.29, 0.717) is 6.04 Å². The van der Waals surface area contributed by atoms with Gasteiger partial charge in [-0.25, -0.2) is 0 Å². The number of hydrogen-bond donors (Lipinski definition) is 1. The highest BCUT2D eigenvalue weighted by Crippen LogP contribution is 2.22. The maximum absolute atomic E-state index is 11.8. The molecule has 1 aliphatic rings. The number of nitrogens with zero attached hydrogens (tertiary/aromatic N) is 1. The minimum atomic E-state index is 0.119. The lowest BCUT2D eigenvalue weighted by molar-refractivity contribution is 0.798. The van der Waals surface area contributed by atoms with E-state index in [0.717, 1.165) is 16.9 Å². The minimum Gasteiger partial charge on any atom is -0.354 e. The summed E-state index contributed by atoms with van der Waals surface area (Å²) in [5.41, 5.74) is 1.65. The molecule has 1 N–H and O–H groups in total. The topological polar surface area (TPSA) is 36.1 Å². The highest BCUT2D eigenvalue weighted by atomic mass is 16.1. The summed E-state index contributed by atoms with van der Waals surface area (Å²) < 4.78 is 0. The summed E-state index contributed by atoms with van der Waals surface area (Å²) in [6.45, 7) is 3.92. The molecule has 0 aromatic carbocycles. The lowest BCUT2D eigenvalue weighted by Gasteiger charge is -2.28. The summed E-state index contributed by atoms with van der Waals surface area (Å²) in [7, 11) is 1.98. The SMILES string of the molecule is Cc1c[nH]c2c(c1=O)C=CC(C)N2C. The molecule has 3 nitrogen and oxygen atoms in total. The number of nitrogens with one attached hydrogen (secondary N) is 1. The van der Waals surface area contributed by atoms with Crippen LogP contribution in [0, 0.1) is 6.92 Å². The zero-order chi connectivity index (χ0) is 10.3. The molecular weight excluding hydrogens is 176 g/mol. The molecule has 0 fully saturated rings. The van der Waals surface area contributed by atoms with Crippen LogP contribution in [0.25, 0.3) is 6.08 Å². The third-order valence-corrected chi connectivity index (χ3v) is 2.79. The molecule has 1 aromatic heterocycles. The fourth-order valence-corrected chi connectivity index (χ4v) is 1.65. The Kier molecular flexibility index (Phi) is 1.95. The second-order valence-electron chi connectivity index (χ2n) is 3.77. The van der Waals surface area contributed by atoms with Gasteiger partial charge < -0.3 is 9.88 Å². The van der Waals surface area contributed by atoms with E-state index in [-0.39, 0.29) is 5.43 Å². The molecule has 0 spiro atoms. The van der Waals surface area contributed by atoms with Crippen LogP contribution < -0.4 is 10.3 Å². The number of fused-ring (bicyclic) bond motifs is 1. The molecule has 2 heterocycles. The summed E-state index contributed by atoms with van der Waals surface area (Å²) in [4.78, 5) is 17.0. The number of rotatable bonds is 0. The van der Waals surface area contributed by atoms with Crippen molar-refractivity contribution in [3.63, 3.8) is 0 Å². The van der Waals surface area contributed by atoms with Gasteiger partial charge in [0.2, 0.25) is 0 Å². The number of aryl methyl sites for hydroxylation is 1. The number of H-pyrrole nitrogens is 1. The van der Waals surface area contributed by atoms with E-state index >= 15 is 0 Å². The Morgan fingerprint density at radius 1 is 1.50 bits per heavy atom. The van der Waals surface area contributed by atoms with Gasteiger partial charge in [0.05, 0.1) is 5.56 Å². The van der Waals surface area contributed by atoms with Crippen LogP contribution in [0.3, 0.4) is 0 Å². The van der Waals surface area contributed by atoms with Crippen molar-refractivity contribution in [1.29, 1.82) is 0 Å². The molecule has 1 aliphatic heterocycles. The van der Waals surface area contributed by atoms with Gasteiger partial charge in [-0.3, -0.25) is 4.79 Å². The van der Waals surface area contributed by atoms with E-state index < -0.39 is 0 Å². The number of likely N-dealkylation sites (N-methyl/N-ethyl adjacent to an activating group) is 1. The molecule has 0 saturated heterocycles. The zero-order valence-electron chi connectivity index (χ0n) is 8.66. The average Bonchev–Trinajstić information content (AvgIpc) is 2.17. The van der Waals surface area contributed by atoms with Gasteiger partial charge in [-0.2, -0.15) is 0 Å². The lowest BCUT2D eigenvalue weighted by atomic mass is 10.1. The van der Waals surface area contributed by atoms with Crippen LogP contribution in [0.15, 0.2) is 17.1 Å². The Labute approximate surface area is 83.1 Å². The first-order valence-corrected chi connectivity index (χ1v) is 4.74. The first-order chi connectivity index (χ1) is 6.61. The van der Waals surface area contributed by atoms with Gasteiger partial charge in [0.15, 0.2) is 5.43 Å². The van der Waals surface area contributed by atoms with Crippen LogP contribution in [-0.2, 0) is 0 Å². The van der Waals surface area contributed by atoms with E-state index in [1.807, 2.05) is 26.1 Å². The average molecular weight is 190 g/mol. The number of anilines is 1. The Bertz CT molecular complexity index is 445. The molecule has 1 aromatic rings. The van der Waals surface area contributed by atoms with Crippen LogP contribution in [0.1, 0.15) is 18.1 Å². The third kappa shape index (κ3) is 1.16. The second kappa shape index (κ2) is 3.01. The fraction of sp³-hybridized carbons (Fsp3) is 0.364. The quantitative estimate of drug-likeness (QED) is 0.673. The Morgan fingerprint density at radius 3 is 2.93 bits per heavy atom. The normalized spacial score (nSPS) is 19.6. The van der Waals surface area contributed by atoms with Crippen LogP contribution in [0.5, 0.6) is 0 Å². The number of aromatic amines is 1. The maximum atomic E-state index is 11.8. The van der Waals surface area contributed by atoms with Gasteiger partial charge in [0.1, 0.15) is 5.82 Å². The second-order valence-corrected chi connectivity index (χ2v) is 3.77. The number of pyridine rings is 1. The molecule has 2 rings (SSSR count). The maximum Gasteiger partial charge on any atom is 0.193 e. The first kappa shape index (κ1) is 9.06. The van der Waals surface area contributed by atoms with Gasteiger partial charge in [0, 0.05) is 24.8 Å². The zero-order valence-corrected chi connectivity index (χ0v) is 8.66. The van der Waals surface area contributed by atoms with E-state index in [4.69, 9.17) is 0 Å². The predicted octanol–water partition coefficient (Wildman–Crippen LogP) is 1.53. The molecule has 0 amide bonds. The van der Waals surface area contributed by atoms with Crippen LogP contribution in [0.4, 0.5) is 5.82 Å². The van der Waals surface area contributed by atoms with Crippen molar-refractivity contribution < 1.29 is 0 Å². The van der Waals surface area contributed by atoms with Crippen LogP contribution in [0.2, 0.25) is 0 Å². The summed E-state index contributed by atoms with van der Waals surface area (Å²) in [5, 5.41) is 0. The van der Waals surface area contributed by atoms with Crippen molar-refractivity contribution in [2.45, 2.75) is 19.9 Å². The van der Waals surface area contributed by atoms with Gasteiger partial charge in [-0.15, -0.1) is 0 Å². The molecule has 3 heteroatoms. The van der Waals surface area contributed by atoms with Crippen molar-refractivity contribution in [3.05, 3.63) is 33.6 Å². The van der Waals surface area contributed by atoms with Gasteiger partial charge in [-0.05, 0) is 19.9 Å². The molecule has 0 radical (unpaired) electrons. The smallest absolute Gasteiger partial charge is 0.193 e. The largest absolute Gasteiger partial charge is 0.354 e. The van der Waals surface area contributed by atoms with Crippen LogP contribution >= 0.6 is 0 Å². The highest BCUT2D eigenvalue weighted by Gasteiger charge is 2.18. The standard InChI is InChI=1S/C11H14N2O/c1-7-6-12-11-9(10(7)14)5-4-8(2)13(11)3/h4-6,8H,1-3H3,(H,12,14). The first-order valence-electron chi connectivity index (χ1n) is 4.74. The third-order valence-electron chi connectivity index (χ3n) is 2.79. The Balaban J connectivity index is 2.68. The molecule has 74 valence electrons. The van der Waals surface area contributed by atoms with E-state index in [1.54, 1.807) is 6.20 Å². The lowest BCUT2D eigenvalue weighted by Crippen LogP contribution is -2.33. The molecule has 14 heavy (non-hydrogen) atoms. The molecule has 1 unspecified atom stereocenters. The summed E-state index contributed by atoms with van der Waals surface area (Å²) in [6.07, 6.45) is 5.71. The van der Waals surface area contributed by atoms with Gasteiger partial charge in [0.25, 0.3) is 0 Å². The molecule has 1 atom stereocenters. The van der Waals surface area contributed by atoms with Crippen molar-refractivity contribution in [3.8, 4) is 0 Å². The Hall–Kier alpha value is -1.51. The molecule has 0 bridgehead atoms. The summed E-state index contributed by atoms with van der Waals surface area (Å²) >= 11 is 0. The van der Waals surface area contributed by atoms with Gasteiger partial charge >= 0.3 is 0 Å². The molecule has 0 saturated carbocycles.